The fourth-order valence-corrected chi connectivity index (χ4v) is 4.65. The molecule has 2 aromatic rings. The van der Waals surface area contributed by atoms with Crippen molar-refractivity contribution in [3.05, 3.63) is 53.6 Å². The number of fused-ring (bicyclic) bond motifs is 1. The zero-order valence-electron chi connectivity index (χ0n) is 20.6. The minimum atomic E-state index is -1.84. The SMILES string of the molecule is O=C1CC(c2ccc(O[C@@H]3O[C@H](CO)[C@@H](O)[C@H](O)[C@H]3O)cc2)Oc2cc(O[C@@H]3OC[C@](O)(CO)[C@H]3O)ccc21. The third-order valence-corrected chi connectivity index (χ3v) is 7.08. The van der Waals surface area contributed by atoms with Crippen molar-refractivity contribution >= 4 is 5.78 Å². The van der Waals surface area contributed by atoms with Crippen molar-refractivity contribution in [2.75, 3.05) is 19.8 Å². The monoisotopic (exact) mass is 550 g/mol. The number of hydrogen-bond acceptors (Lipinski definition) is 13. The van der Waals surface area contributed by atoms with E-state index in [1.165, 1.54) is 18.2 Å². The Hall–Kier alpha value is -2.85. The molecule has 212 valence electrons. The Morgan fingerprint density at radius 3 is 2.26 bits per heavy atom. The van der Waals surface area contributed by atoms with Crippen molar-refractivity contribution in [3.8, 4) is 17.2 Å². The van der Waals surface area contributed by atoms with Gasteiger partial charge in [-0.3, -0.25) is 4.79 Å². The standard InChI is InChI=1S/C26H30O13/c27-9-19-20(30)21(31)22(32)24(39-19)36-13-3-1-12(2-4-13)17-8-16(29)15-6-5-14(7-18(15)38-17)37-25-23(33)26(34,10-28)11-35-25/h1-7,17,19-25,27-28,30-34H,8-11H2/t17?,19-,20-,21+,22-,23+,24-,25+,26-/m1/s1. The molecule has 3 aliphatic heterocycles. The molecule has 2 aromatic carbocycles. The van der Waals surface area contributed by atoms with E-state index in [4.69, 9.17) is 23.7 Å². The Labute approximate surface area is 222 Å². The number of carbonyl (C=O) groups excluding carboxylic acids is 1. The van der Waals surface area contributed by atoms with E-state index in [1.807, 2.05) is 0 Å². The van der Waals surface area contributed by atoms with Crippen LogP contribution in [-0.4, -0.2) is 110 Å². The predicted octanol–water partition coefficient (Wildman–Crippen LogP) is -1.61. The van der Waals surface area contributed by atoms with Gasteiger partial charge in [0.1, 0.15) is 59.5 Å². The lowest BCUT2D eigenvalue weighted by Gasteiger charge is -2.39. The molecule has 2 saturated heterocycles. The summed E-state index contributed by atoms with van der Waals surface area (Å²) >= 11 is 0. The largest absolute Gasteiger partial charge is 0.484 e. The molecule has 0 radical (unpaired) electrons. The highest BCUT2D eigenvalue weighted by Gasteiger charge is 2.49. The van der Waals surface area contributed by atoms with E-state index in [-0.39, 0.29) is 36.1 Å². The second-order valence-corrected chi connectivity index (χ2v) is 9.78. The Kier molecular flexibility index (Phi) is 7.79. The van der Waals surface area contributed by atoms with E-state index in [0.29, 0.717) is 11.1 Å². The Morgan fingerprint density at radius 1 is 0.897 bits per heavy atom. The highest BCUT2D eigenvalue weighted by atomic mass is 16.7. The van der Waals surface area contributed by atoms with E-state index < -0.39 is 68.0 Å². The van der Waals surface area contributed by atoms with Crippen molar-refractivity contribution in [1.29, 1.82) is 0 Å². The minimum Gasteiger partial charge on any atom is -0.484 e. The van der Waals surface area contributed by atoms with Crippen LogP contribution >= 0.6 is 0 Å². The van der Waals surface area contributed by atoms with Gasteiger partial charge in [-0.2, -0.15) is 0 Å². The molecule has 0 bridgehead atoms. The molecule has 9 atom stereocenters. The number of rotatable bonds is 7. The number of Topliss-reactive ketones (excluding diaryl/α,β-unsaturated/α-hetero) is 1. The molecule has 0 saturated carbocycles. The van der Waals surface area contributed by atoms with Crippen molar-refractivity contribution in [3.63, 3.8) is 0 Å². The van der Waals surface area contributed by atoms with Crippen LogP contribution in [0.3, 0.4) is 0 Å². The number of aliphatic hydroxyl groups is 7. The van der Waals surface area contributed by atoms with Gasteiger partial charge in [0.05, 0.1) is 31.8 Å². The summed E-state index contributed by atoms with van der Waals surface area (Å²) in [6.45, 7) is -1.60. The average Bonchev–Trinajstić information content (AvgIpc) is 3.22. The fourth-order valence-electron chi connectivity index (χ4n) is 4.65. The number of ether oxygens (including phenoxy) is 5. The zero-order valence-corrected chi connectivity index (χ0v) is 20.6. The van der Waals surface area contributed by atoms with E-state index >= 15 is 0 Å². The van der Waals surface area contributed by atoms with Crippen molar-refractivity contribution < 1.29 is 64.2 Å². The Bertz CT molecular complexity index is 1170. The molecule has 0 amide bonds. The lowest BCUT2D eigenvalue weighted by molar-refractivity contribution is -0.277. The van der Waals surface area contributed by atoms with Gasteiger partial charge in [0, 0.05) is 6.07 Å². The zero-order chi connectivity index (χ0) is 27.9. The van der Waals surface area contributed by atoms with Crippen LogP contribution in [0.1, 0.15) is 28.4 Å². The average molecular weight is 551 g/mol. The maximum atomic E-state index is 12.8. The molecule has 39 heavy (non-hydrogen) atoms. The van der Waals surface area contributed by atoms with Gasteiger partial charge in [-0.05, 0) is 29.8 Å². The molecule has 0 aliphatic carbocycles. The van der Waals surface area contributed by atoms with Gasteiger partial charge in [-0.25, -0.2) is 0 Å². The minimum absolute atomic E-state index is 0.0636. The molecular formula is C26H30O13. The summed E-state index contributed by atoms with van der Waals surface area (Å²) < 4.78 is 27.9. The summed E-state index contributed by atoms with van der Waals surface area (Å²) in [6, 6.07) is 10.9. The summed E-state index contributed by atoms with van der Waals surface area (Å²) in [4.78, 5) is 12.8. The first-order chi connectivity index (χ1) is 18.6. The first-order valence-electron chi connectivity index (χ1n) is 12.3. The molecule has 13 heteroatoms. The van der Waals surface area contributed by atoms with Gasteiger partial charge in [-0.15, -0.1) is 0 Å². The lowest BCUT2D eigenvalue weighted by atomic mass is 9.96. The van der Waals surface area contributed by atoms with Crippen LogP contribution in [-0.2, 0) is 9.47 Å². The van der Waals surface area contributed by atoms with Gasteiger partial charge in [0.25, 0.3) is 0 Å². The van der Waals surface area contributed by atoms with E-state index in [2.05, 4.69) is 0 Å². The van der Waals surface area contributed by atoms with E-state index in [0.717, 1.165) is 0 Å². The van der Waals surface area contributed by atoms with E-state index in [9.17, 15) is 40.5 Å². The number of benzene rings is 2. The van der Waals surface area contributed by atoms with Crippen LogP contribution in [0.25, 0.3) is 0 Å². The van der Waals surface area contributed by atoms with Crippen LogP contribution in [0.2, 0.25) is 0 Å². The van der Waals surface area contributed by atoms with Crippen LogP contribution < -0.4 is 14.2 Å². The molecule has 13 nitrogen and oxygen atoms in total. The van der Waals surface area contributed by atoms with Gasteiger partial charge in [0.15, 0.2) is 5.78 Å². The van der Waals surface area contributed by atoms with Gasteiger partial charge in [-0.1, -0.05) is 12.1 Å². The maximum absolute atomic E-state index is 12.8. The smallest absolute Gasteiger partial charge is 0.229 e. The molecule has 0 spiro atoms. The molecule has 0 aromatic heterocycles. The fraction of sp³-hybridized carbons (Fsp3) is 0.500. The summed E-state index contributed by atoms with van der Waals surface area (Å²) in [5, 5.41) is 69.0. The molecule has 3 aliphatic rings. The van der Waals surface area contributed by atoms with Crippen LogP contribution in [0.4, 0.5) is 0 Å². The number of ketones is 1. The second-order valence-electron chi connectivity index (χ2n) is 9.78. The van der Waals surface area contributed by atoms with Crippen molar-refractivity contribution in [1.82, 2.24) is 0 Å². The van der Waals surface area contributed by atoms with E-state index in [1.54, 1.807) is 24.3 Å². The number of hydrogen-bond donors (Lipinski definition) is 7. The summed E-state index contributed by atoms with van der Waals surface area (Å²) in [5.74, 6) is 0.567. The number of carbonyl (C=O) groups is 1. The lowest BCUT2D eigenvalue weighted by Crippen LogP contribution is -2.60. The highest BCUT2D eigenvalue weighted by Crippen LogP contribution is 2.38. The molecule has 2 fully saturated rings. The summed E-state index contributed by atoms with van der Waals surface area (Å²) in [5.41, 5.74) is -0.847. The second kappa shape index (κ2) is 11.0. The summed E-state index contributed by atoms with van der Waals surface area (Å²) in [7, 11) is 0. The molecule has 5 rings (SSSR count). The normalized spacial score (nSPS) is 36.2. The van der Waals surface area contributed by atoms with Gasteiger partial charge in [0.2, 0.25) is 12.6 Å². The van der Waals surface area contributed by atoms with Crippen molar-refractivity contribution in [2.45, 2.75) is 61.2 Å². The Morgan fingerprint density at radius 2 is 1.59 bits per heavy atom. The molecule has 1 unspecified atom stereocenters. The topological polar surface area (TPSA) is 205 Å². The third-order valence-electron chi connectivity index (χ3n) is 7.08. The first-order valence-corrected chi connectivity index (χ1v) is 12.3. The van der Waals surface area contributed by atoms with Crippen LogP contribution in [0, 0.1) is 0 Å². The molecule has 7 N–H and O–H groups in total. The first kappa shape index (κ1) is 27.7. The third kappa shape index (κ3) is 5.33. The quantitative estimate of drug-likeness (QED) is 0.208. The summed E-state index contributed by atoms with van der Waals surface area (Å²) in [6.07, 6.45) is -10.4. The molecule has 3 heterocycles. The van der Waals surface area contributed by atoms with Crippen LogP contribution in [0.5, 0.6) is 17.2 Å². The maximum Gasteiger partial charge on any atom is 0.229 e. The van der Waals surface area contributed by atoms with Crippen molar-refractivity contribution in [2.24, 2.45) is 0 Å². The predicted molar refractivity (Wildman–Crippen MR) is 128 cm³/mol. The number of aliphatic hydroxyl groups excluding tert-OH is 6. The van der Waals surface area contributed by atoms with Gasteiger partial charge >= 0.3 is 0 Å². The van der Waals surface area contributed by atoms with Gasteiger partial charge < -0.3 is 59.4 Å². The molecular weight excluding hydrogens is 520 g/mol. The van der Waals surface area contributed by atoms with Crippen LogP contribution in [0.15, 0.2) is 42.5 Å². The highest BCUT2D eigenvalue weighted by molar-refractivity contribution is 6.00. The Balaban J connectivity index is 1.26.